The Kier molecular flexibility index (Phi) is 5.49. The zero-order valence-electron chi connectivity index (χ0n) is 16.8. The molecule has 1 aromatic carbocycles. The molecule has 1 nitrogen and oxygen atoms in total. The average molecular weight is 343 g/mol. The molecule has 1 aliphatic carbocycles. The molecular formula is C22H34OSi. The lowest BCUT2D eigenvalue weighted by atomic mass is 10.0. The van der Waals surface area contributed by atoms with Crippen LogP contribution < -0.4 is 9.92 Å². The van der Waals surface area contributed by atoms with E-state index in [1.807, 2.05) is 7.11 Å². The van der Waals surface area contributed by atoms with Gasteiger partial charge in [0.2, 0.25) is 0 Å². The van der Waals surface area contributed by atoms with Gasteiger partial charge in [-0.05, 0) is 48.9 Å². The van der Waals surface area contributed by atoms with Gasteiger partial charge in [0.05, 0.1) is 15.2 Å². The predicted octanol–water partition coefficient (Wildman–Crippen LogP) is 5.93. The van der Waals surface area contributed by atoms with Gasteiger partial charge < -0.3 is 4.74 Å². The summed E-state index contributed by atoms with van der Waals surface area (Å²) in [6.07, 6.45) is 7.99. The first-order chi connectivity index (χ1) is 11.1. The van der Waals surface area contributed by atoms with Crippen LogP contribution in [-0.4, -0.2) is 15.2 Å². The highest BCUT2D eigenvalue weighted by atomic mass is 28.3. The number of methoxy groups -OCH3 is 1. The van der Waals surface area contributed by atoms with Crippen molar-refractivity contribution in [1.29, 1.82) is 0 Å². The molecule has 0 unspecified atom stereocenters. The Morgan fingerprint density at radius 1 is 1.08 bits per heavy atom. The molecule has 1 aromatic rings. The van der Waals surface area contributed by atoms with Crippen LogP contribution >= 0.6 is 0 Å². The first-order valence-electron chi connectivity index (χ1n) is 9.10. The Morgan fingerprint density at radius 3 is 2.25 bits per heavy atom. The normalized spacial score (nSPS) is 15.3. The van der Waals surface area contributed by atoms with Gasteiger partial charge in [0.25, 0.3) is 0 Å². The van der Waals surface area contributed by atoms with Crippen LogP contribution in [0.1, 0.15) is 51.7 Å². The summed E-state index contributed by atoms with van der Waals surface area (Å²) in [5, 5.41) is 1.78. The van der Waals surface area contributed by atoms with Crippen LogP contribution in [0.3, 0.4) is 0 Å². The lowest BCUT2D eigenvalue weighted by Gasteiger charge is -2.38. The van der Waals surface area contributed by atoms with Crippen LogP contribution in [0.5, 0.6) is 5.75 Å². The molecule has 0 radical (unpaired) electrons. The summed E-state index contributed by atoms with van der Waals surface area (Å²) in [4.78, 5) is 0. The third-order valence-corrected chi connectivity index (χ3v) is 11.4. The van der Waals surface area contributed by atoms with Crippen molar-refractivity contribution in [3.05, 3.63) is 46.6 Å². The van der Waals surface area contributed by atoms with E-state index >= 15 is 0 Å². The maximum atomic E-state index is 5.95. The molecular weight excluding hydrogens is 308 g/mol. The highest BCUT2D eigenvalue weighted by Crippen LogP contribution is 2.38. The fraction of sp³-hybridized carbons (Fsp3) is 0.545. The number of aryl methyl sites for hydroxylation is 2. The molecule has 0 amide bonds. The van der Waals surface area contributed by atoms with Crippen molar-refractivity contribution < 1.29 is 4.74 Å². The smallest absolute Gasteiger partial charge is 0.121 e. The molecule has 0 saturated heterocycles. The van der Waals surface area contributed by atoms with Crippen LogP contribution in [-0.2, 0) is 6.42 Å². The predicted molar refractivity (Wildman–Crippen MR) is 109 cm³/mol. The Labute approximate surface area is 149 Å². The lowest BCUT2D eigenvalue weighted by molar-refractivity contribution is 0.412. The van der Waals surface area contributed by atoms with Crippen molar-refractivity contribution in [2.45, 2.75) is 72.0 Å². The summed E-state index contributed by atoms with van der Waals surface area (Å²) in [6.45, 7) is 16.5. The van der Waals surface area contributed by atoms with Crippen molar-refractivity contribution in [3.63, 3.8) is 0 Å². The molecule has 0 fully saturated rings. The topological polar surface area (TPSA) is 9.23 Å². The lowest BCUT2D eigenvalue weighted by Crippen LogP contribution is -2.50. The second-order valence-corrected chi connectivity index (χ2v) is 14.1. The van der Waals surface area contributed by atoms with Crippen molar-refractivity contribution in [1.82, 2.24) is 0 Å². The first kappa shape index (κ1) is 19.0. The second kappa shape index (κ2) is 6.91. The van der Waals surface area contributed by atoms with Gasteiger partial charge in [-0.15, -0.1) is 0 Å². The molecule has 0 atom stereocenters. The Bertz CT molecular complexity index is 672. The van der Waals surface area contributed by atoms with E-state index in [0.717, 1.165) is 25.0 Å². The van der Waals surface area contributed by atoms with Crippen LogP contribution in [0, 0.1) is 6.92 Å². The number of rotatable bonds is 5. The highest BCUT2D eigenvalue weighted by molar-refractivity contribution is 6.92. The third kappa shape index (κ3) is 3.85. The largest absolute Gasteiger partial charge is 0.497 e. The van der Waals surface area contributed by atoms with Crippen LogP contribution in [0.4, 0.5) is 0 Å². The van der Waals surface area contributed by atoms with E-state index in [-0.39, 0.29) is 0 Å². The average Bonchev–Trinajstić information content (AvgIpc) is 2.89. The molecule has 0 aliphatic heterocycles. The zero-order valence-corrected chi connectivity index (χ0v) is 17.8. The molecule has 24 heavy (non-hydrogen) atoms. The molecule has 0 saturated carbocycles. The fourth-order valence-electron chi connectivity index (χ4n) is 3.34. The van der Waals surface area contributed by atoms with E-state index in [0.29, 0.717) is 5.04 Å². The van der Waals surface area contributed by atoms with Crippen molar-refractivity contribution in [2.24, 2.45) is 0 Å². The highest BCUT2D eigenvalue weighted by Gasteiger charge is 2.39. The Morgan fingerprint density at radius 2 is 1.75 bits per heavy atom. The minimum atomic E-state index is -1.63. The van der Waals surface area contributed by atoms with Crippen LogP contribution in [0.2, 0.25) is 18.1 Å². The molecule has 0 aromatic heterocycles. The van der Waals surface area contributed by atoms with E-state index in [1.165, 1.54) is 21.9 Å². The molecule has 0 N–H and O–H groups in total. The van der Waals surface area contributed by atoms with Crippen molar-refractivity contribution in [2.75, 3.05) is 7.11 Å². The maximum absolute atomic E-state index is 5.95. The van der Waals surface area contributed by atoms with Gasteiger partial charge >= 0.3 is 0 Å². The van der Waals surface area contributed by atoms with Gasteiger partial charge in [-0.25, -0.2) is 0 Å². The summed E-state index contributed by atoms with van der Waals surface area (Å²) in [7, 11) is 0.208. The summed E-state index contributed by atoms with van der Waals surface area (Å²) in [6, 6.07) is 4.70. The summed E-state index contributed by atoms with van der Waals surface area (Å²) in [5.41, 5.74) is 5.69. The minimum absolute atomic E-state index is 0.306. The van der Waals surface area contributed by atoms with Crippen molar-refractivity contribution >= 4 is 13.3 Å². The van der Waals surface area contributed by atoms with Gasteiger partial charge in [-0.1, -0.05) is 74.9 Å². The Balaban J connectivity index is 2.37. The SMILES string of the molecule is COc1c(CCC2=CC(C)=CC2)cc(C)cc1[Si](C)(C)C(C)(C)C. The van der Waals surface area contributed by atoms with Gasteiger partial charge in [-0.2, -0.15) is 0 Å². The summed E-state index contributed by atoms with van der Waals surface area (Å²) < 4.78 is 5.95. The zero-order chi connectivity index (χ0) is 18.1. The van der Waals surface area contributed by atoms with E-state index in [4.69, 9.17) is 4.74 Å². The molecule has 0 bridgehead atoms. The van der Waals surface area contributed by atoms with E-state index < -0.39 is 8.07 Å². The quantitative estimate of drug-likeness (QED) is 0.603. The van der Waals surface area contributed by atoms with Crippen molar-refractivity contribution in [3.8, 4) is 5.75 Å². The van der Waals surface area contributed by atoms with Gasteiger partial charge in [0, 0.05) is 0 Å². The minimum Gasteiger partial charge on any atom is -0.497 e. The number of ether oxygens (including phenoxy) is 1. The number of allylic oxidation sites excluding steroid dienone is 4. The van der Waals surface area contributed by atoms with Gasteiger partial charge in [0.15, 0.2) is 0 Å². The Hall–Kier alpha value is -1.28. The van der Waals surface area contributed by atoms with E-state index in [1.54, 1.807) is 5.57 Å². The number of hydrogen-bond acceptors (Lipinski definition) is 1. The molecule has 0 heterocycles. The first-order valence-corrected chi connectivity index (χ1v) is 12.1. The van der Waals surface area contributed by atoms with Gasteiger partial charge in [0.1, 0.15) is 5.75 Å². The van der Waals surface area contributed by atoms with Crippen LogP contribution in [0.15, 0.2) is 35.4 Å². The number of hydrogen-bond donors (Lipinski definition) is 0. The monoisotopic (exact) mass is 342 g/mol. The standard InChI is InChI=1S/C22H34OSi/c1-16-9-10-18(13-16)11-12-19-14-17(2)15-20(21(19)23-6)24(7,8)22(3,4)5/h9,13-15H,10-12H2,1-8H3. The second-order valence-electron chi connectivity index (χ2n) is 8.83. The maximum Gasteiger partial charge on any atom is 0.121 e. The van der Waals surface area contributed by atoms with E-state index in [9.17, 15) is 0 Å². The van der Waals surface area contributed by atoms with E-state index in [2.05, 4.69) is 72.0 Å². The summed E-state index contributed by atoms with van der Waals surface area (Å²) >= 11 is 0. The molecule has 2 rings (SSSR count). The third-order valence-electron chi connectivity index (χ3n) is 5.90. The molecule has 1 aliphatic rings. The van der Waals surface area contributed by atoms with Gasteiger partial charge in [-0.3, -0.25) is 0 Å². The molecule has 132 valence electrons. The fourth-order valence-corrected chi connectivity index (χ4v) is 5.57. The van der Waals surface area contributed by atoms with Crippen LogP contribution in [0.25, 0.3) is 0 Å². The molecule has 2 heteroatoms. The number of benzene rings is 1. The molecule has 0 spiro atoms. The summed E-state index contributed by atoms with van der Waals surface area (Å²) in [5.74, 6) is 1.15.